The van der Waals surface area contributed by atoms with Crippen LogP contribution < -0.4 is 0 Å². The van der Waals surface area contributed by atoms with Crippen LogP contribution in [0.1, 0.15) is 11.1 Å². The van der Waals surface area contributed by atoms with Crippen LogP contribution in [0.5, 0.6) is 0 Å². The van der Waals surface area contributed by atoms with E-state index < -0.39 is 0 Å². The summed E-state index contributed by atoms with van der Waals surface area (Å²) in [5.41, 5.74) is 8.39. The van der Waals surface area contributed by atoms with E-state index in [0.717, 1.165) is 0 Å². The van der Waals surface area contributed by atoms with Crippen LogP contribution in [0.3, 0.4) is 0 Å². The van der Waals surface area contributed by atoms with Crippen molar-refractivity contribution in [2.45, 2.75) is 13.8 Å². The predicted octanol–water partition coefficient (Wildman–Crippen LogP) is 6.26. The summed E-state index contributed by atoms with van der Waals surface area (Å²) in [7, 11) is 0. The topological polar surface area (TPSA) is 0 Å². The fourth-order valence-electron chi connectivity index (χ4n) is 3.93. The van der Waals surface area contributed by atoms with Gasteiger partial charge in [-0.2, -0.15) is 0 Å². The standard InChI is InChI=1S/C22H16/c1-13-10-17-8-5-9-18-19-11-15-6-3-4-7-16(15)12-20(19)21(14(13)2)22(17)18/h3-12H,1-2H3. The van der Waals surface area contributed by atoms with Gasteiger partial charge in [0.05, 0.1) is 0 Å². The summed E-state index contributed by atoms with van der Waals surface area (Å²) >= 11 is 0. The van der Waals surface area contributed by atoms with Crippen molar-refractivity contribution in [1.29, 1.82) is 0 Å². The van der Waals surface area contributed by atoms with Gasteiger partial charge in [0.2, 0.25) is 0 Å². The highest BCUT2D eigenvalue weighted by molar-refractivity contribution is 6.18. The molecule has 4 aromatic carbocycles. The molecule has 0 saturated heterocycles. The van der Waals surface area contributed by atoms with Crippen molar-refractivity contribution in [2.24, 2.45) is 0 Å². The molecule has 0 fully saturated rings. The first-order valence-electron chi connectivity index (χ1n) is 7.80. The van der Waals surface area contributed by atoms with Crippen molar-refractivity contribution in [2.75, 3.05) is 0 Å². The van der Waals surface area contributed by atoms with Gasteiger partial charge in [-0.15, -0.1) is 0 Å². The summed E-state index contributed by atoms with van der Waals surface area (Å²) in [6.45, 7) is 4.47. The van der Waals surface area contributed by atoms with Crippen LogP contribution in [0, 0.1) is 13.8 Å². The first-order valence-corrected chi connectivity index (χ1v) is 7.80. The molecule has 0 heterocycles. The van der Waals surface area contributed by atoms with E-state index in [2.05, 4.69) is 74.5 Å². The van der Waals surface area contributed by atoms with E-state index in [4.69, 9.17) is 0 Å². The normalized spacial score (nSPS) is 12.1. The first-order chi connectivity index (χ1) is 10.7. The molecule has 0 nitrogen and oxygen atoms in total. The third kappa shape index (κ3) is 1.37. The van der Waals surface area contributed by atoms with Gasteiger partial charge in [0.15, 0.2) is 0 Å². The van der Waals surface area contributed by atoms with Crippen molar-refractivity contribution in [3.8, 4) is 22.3 Å². The van der Waals surface area contributed by atoms with Crippen molar-refractivity contribution < 1.29 is 0 Å². The Bertz CT molecular complexity index is 1080. The van der Waals surface area contributed by atoms with Gasteiger partial charge in [0.1, 0.15) is 0 Å². The van der Waals surface area contributed by atoms with Crippen LogP contribution in [0.2, 0.25) is 0 Å². The van der Waals surface area contributed by atoms with Gasteiger partial charge in [-0.25, -0.2) is 0 Å². The molecule has 1 aliphatic carbocycles. The third-order valence-corrected chi connectivity index (χ3v) is 5.13. The average Bonchev–Trinajstić information content (AvgIpc) is 2.86. The smallest absolute Gasteiger partial charge is 0.00235 e. The van der Waals surface area contributed by atoms with Gasteiger partial charge >= 0.3 is 0 Å². The second-order valence-corrected chi connectivity index (χ2v) is 6.34. The maximum absolute atomic E-state index is 2.37. The molecule has 0 unspecified atom stereocenters. The van der Waals surface area contributed by atoms with Crippen molar-refractivity contribution in [1.82, 2.24) is 0 Å². The minimum atomic E-state index is 1.32. The van der Waals surface area contributed by atoms with Crippen LogP contribution >= 0.6 is 0 Å². The zero-order valence-electron chi connectivity index (χ0n) is 12.8. The van der Waals surface area contributed by atoms with E-state index in [-0.39, 0.29) is 0 Å². The summed E-state index contributed by atoms with van der Waals surface area (Å²) in [6, 6.07) is 22.4. The van der Waals surface area contributed by atoms with Gasteiger partial charge in [0, 0.05) is 0 Å². The summed E-state index contributed by atoms with van der Waals surface area (Å²) in [4.78, 5) is 0. The Morgan fingerprint density at radius 2 is 1.27 bits per heavy atom. The van der Waals surface area contributed by atoms with Crippen molar-refractivity contribution in [3.05, 3.63) is 71.8 Å². The fourth-order valence-corrected chi connectivity index (χ4v) is 3.93. The lowest BCUT2D eigenvalue weighted by Crippen LogP contribution is -1.87. The second kappa shape index (κ2) is 3.98. The fraction of sp³-hybridized carbons (Fsp3) is 0.0909. The molecule has 0 N–H and O–H groups in total. The van der Waals surface area contributed by atoms with Gasteiger partial charge in [-0.05, 0) is 80.9 Å². The Morgan fingerprint density at radius 1 is 0.591 bits per heavy atom. The van der Waals surface area contributed by atoms with E-state index in [1.807, 2.05) is 0 Å². The minimum absolute atomic E-state index is 1.32. The largest absolute Gasteiger partial charge is 0.0616 e. The number of benzene rings is 4. The van der Waals surface area contributed by atoms with E-state index >= 15 is 0 Å². The molecule has 4 aromatic rings. The first kappa shape index (κ1) is 12.0. The van der Waals surface area contributed by atoms with Crippen molar-refractivity contribution in [3.63, 3.8) is 0 Å². The Morgan fingerprint density at radius 3 is 2.05 bits per heavy atom. The molecule has 104 valence electrons. The molecule has 22 heavy (non-hydrogen) atoms. The molecule has 0 saturated carbocycles. The summed E-state index contributed by atoms with van der Waals surface area (Å²) in [5, 5.41) is 5.43. The predicted molar refractivity (Wildman–Crippen MR) is 95.4 cm³/mol. The van der Waals surface area contributed by atoms with Crippen LogP contribution in [-0.2, 0) is 0 Å². The SMILES string of the molecule is Cc1cc2cccc3c2c(c1C)-c1cc2ccccc2cc1-3. The zero-order chi connectivity index (χ0) is 14.8. The van der Waals surface area contributed by atoms with Gasteiger partial charge in [-0.3, -0.25) is 0 Å². The van der Waals surface area contributed by atoms with E-state index in [9.17, 15) is 0 Å². The van der Waals surface area contributed by atoms with Crippen LogP contribution in [0.25, 0.3) is 43.8 Å². The Kier molecular flexibility index (Phi) is 2.17. The molecule has 0 amide bonds. The monoisotopic (exact) mass is 280 g/mol. The molecule has 0 atom stereocenters. The maximum atomic E-state index is 2.37. The molecule has 1 aliphatic rings. The molecule has 0 aliphatic heterocycles. The van der Waals surface area contributed by atoms with Crippen LogP contribution in [0.15, 0.2) is 60.7 Å². The molecular weight excluding hydrogens is 264 g/mol. The summed E-state index contributed by atoms with van der Waals surface area (Å²) in [6.07, 6.45) is 0. The van der Waals surface area contributed by atoms with Crippen molar-refractivity contribution >= 4 is 21.5 Å². The van der Waals surface area contributed by atoms with E-state index in [0.29, 0.717) is 0 Å². The molecule has 0 heteroatoms. The number of hydrogen-bond donors (Lipinski definition) is 0. The van der Waals surface area contributed by atoms with E-state index in [1.165, 1.54) is 54.9 Å². The Labute approximate surface area is 130 Å². The van der Waals surface area contributed by atoms with Crippen LogP contribution in [0.4, 0.5) is 0 Å². The lowest BCUT2D eigenvalue weighted by atomic mass is 9.94. The van der Waals surface area contributed by atoms with Crippen LogP contribution in [-0.4, -0.2) is 0 Å². The number of aryl methyl sites for hydroxylation is 1. The molecule has 0 bridgehead atoms. The molecule has 0 spiro atoms. The zero-order valence-corrected chi connectivity index (χ0v) is 12.8. The molecule has 0 radical (unpaired) electrons. The number of fused-ring (bicyclic) bond motifs is 4. The third-order valence-electron chi connectivity index (χ3n) is 5.13. The maximum Gasteiger partial charge on any atom is -0.00235 e. The van der Waals surface area contributed by atoms with Gasteiger partial charge < -0.3 is 0 Å². The second-order valence-electron chi connectivity index (χ2n) is 6.34. The average molecular weight is 280 g/mol. The number of rotatable bonds is 0. The molecule has 0 aromatic heterocycles. The Hall–Kier alpha value is -2.60. The summed E-state index contributed by atoms with van der Waals surface area (Å²) in [5.74, 6) is 0. The highest BCUT2D eigenvalue weighted by Gasteiger charge is 2.24. The minimum Gasteiger partial charge on any atom is -0.0616 e. The lowest BCUT2D eigenvalue weighted by Gasteiger charge is -2.10. The highest BCUT2D eigenvalue weighted by atomic mass is 14.3. The molecular formula is C22H16. The van der Waals surface area contributed by atoms with Gasteiger partial charge in [-0.1, -0.05) is 48.5 Å². The quantitative estimate of drug-likeness (QED) is 0.314. The summed E-state index contributed by atoms with van der Waals surface area (Å²) < 4.78 is 0. The molecule has 5 rings (SSSR count). The van der Waals surface area contributed by atoms with E-state index in [1.54, 1.807) is 0 Å². The highest BCUT2D eigenvalue weighted by Crippen LogP contribution is 2.50. The number of hydrogen-bond acceptors (Lipinski definition) is 0. The van der Waals surface area contributed by atoms with Gasteiger partial charge in [0.25, 0.3) is 0 Å². The Balaban J connectivity index is 2.04. The lowest BCUT2D eigenvalue weighted by molar-refractivity contribution is 1.37.